The van der Waals surface area contributed by atoms with Crippen LogP contribution < -0.4 is 10.1 Å². The van der Waals surface area contributed by atoms with Gasteiger partial charge in [0.2, 0.25) is 0 Å². The second kappa shape index (κ2) is 14.1. The molecule has 3 aliphatic rings. The highest BCUT2D eigenvalue weighted by atomic mass is 16.5. The Balaban J connectivity index is 1.35. The van der Waals surface area contributed by atoms with E-state index in [1.807, 2.05) is 20.8 Å². The van der Waals surface area contributed by atoms with Gasteiger partial charge in [-0.3, -0.25) is 4.79 Å². The number of fused-ring (bicyclic) bond motifs is 2. The molecule has 264 valence electrons. The summed E-state index contributed by atoms with van der Waals surface area (Å²) in [6.07, 6.45) is 2.02. The third kappa shape index (κ3) is 6.05. The van der Waals surface area contributed by atoms with Gasteiger partial charge in [0.15, 0.2) is 0 Å². The Bertz CT molecular complexity index is 1440. The van der Waals surface area contributed by atoms with Gasteiger partial charge in [0.1, 0.15) is 23.1 Å². The van der Waals surface area contributed by atoms with Crippen LogP contribution in [-0.4, -0.2) is 72.4 Å². The molecule has 9 nitrogen and oxygen atoms in total. The minimum Gasteiger partial charge on any atom is -0.494 e. The van der Waals surface area contributed by atoms with E-state index in [1.165, 1.54) is 0 Å². The number of esters is 1. The first-order chi connectivity index (χ1) is 22.8. The lowest BCUT2D eigenvalue weighted by molar-refractivity contribution is -0.279. The number of hydrogen-bond acceptors (Lipinski definition) is 8. The van der Waals surface area contributed by atoms with Crippen molar-refractivity contribution in [1.29, 1.82) is 0 Å². The van der Waals surface area contributed by atoms with Crippen LogP contribution in [-0.2, 0) is 14.2 Å². The SMILES string of the molecule is CCCOc1ccc(C(=O)Nc2ccccc2C(=O)O[C@@H](C)C2CC([C@@]3(O)C[C@H](OC)C4CC(C)[C@]3(O)[C@H]4OC)[C@@H](CC)C2(C)C)cc1. The Labute approximate surface area is 285 Å². The second-order valence-corrected chi connectivity index (χ2v) is 15.0. The molecule has 0 heterocycles. The molecule has 4 unspecified atom stereocenters. The summed E-state index contributed by atoms with van der Waals surface area (Å²) in [5.41, 5.74) is -2.14. The summed E-state index contributed by atoms with van der Waals surface area (Å²) in [7, 11) is 3.28. The number of carbonyl (C=O) groups is 2. The quantitative estimate of drug-likeness (QED) is 0.219. The molecular weight excluding hydrogens is 610 g/mol. The number of aliphatic hydroxyl groups is 2. The maximum atomic E-state index is 13.8. The molecule has 9 heteroatoms. The molecule has 0 saturated heterocycles. The zero-order valence-corrected chi connectivity index (χ0v) is 29.8. The first-order valence-electron chi connectivity index (χ1n) is 17.6. The summed E-state index contributed by atoms with van der Waals surface area (Å²) in [6.45, 7) is 13.0. The monoisotopic (exact) mass is 665 g/mol. The van der Waals surface area contributed by atoms with Crippen LogP contribution in [0.1, 0.15) is 94.4 Å². The Morgan fingerprint density at radius 1 is 1.00 bits per heavy atom. The molecule has 0 aromatic heterocycles. The molecule has 2 aromatic rings. The molecule has 5 rings (SSSR count). The van der Waals surface area contributed by atoms with Crippen molar-refractivity contribution >= 4 is 17.6 Å². The normalized spacial score (nSPS) is 34.4. The highest BCUT2D eigenvalue weighted by Gasteiger charge is 2.73. The van der Waals surface area contributed by atoms with Crippen molar-refractivity contribution in [1.82, 2.24) is 0 Å². The summed E-state index contributed by atoms with van der Waals surface area (Å²) >= 11 is 0. The van der Waals surface area contributed by atoms with Crippen LogP contribution in [0.25, 0.3) is 0 Å². The van der Waals surface area contributed by atoms with Crippen molar-refractivity contribution < 1.29 is 38.7 Å². The van der Waals surface area contributed by atoms with Crippen molar-refractivity contribution in [2.45, 2.75) is 103 Å². The fraction of sp³-hybridized carbons (Fsp3) is 0.641. The molecule has 3 fully saturated rings. The lowest BCUT2D eigenvalue weighted by atomic mass is 9.58. The van der Waals surface area contributed by atoms with Gasteiger partial charge in [0.25, 0.3) is 5.91 Å². The molecule has 3 saturated carbocycles. The summed E-state index contributed by atoms with van der Waals surface area (Å²) in [4.78, 5) is 26.9. The molecule has 0 aliphatic heterocycles. The van der Waals surface area contributed by atoms with E-state index in [9.17, 15) is 19.8 Å². The Hall–Kier alpha value is -2.98. The van der Waals surface area contributed by atoms with Gasteiger partial charge in [-0.05, 0) is 85.8 Å². The van der Waals surface area contributed by atoms with Crippen molar-refractivity contribution in [2.24, 2.45) is 35.0 Å². The van der Waals surface area contributed by atoms with Crippen LogP contribution in [0.4, 0.5) is 5.69 Å². The van der Waals surface area contributed by atoms with E-state index in [1.54, 1.807) is 62.8 Å². The van der Waals surface area contributed by atoms with Gasteiger partial charge in [-0.15, -0.1) is 0 Å². The van der Waals surface area contributed by atoms with Crippen LogP contribution >= 0.6 is 0 Å². The largest absolute Gasteiger partial charge is 0.494 e. The van der Waals surface area contributed by atoms with E-state index in [4.69, 9.17) is 18.9 Å². The number of rotatable bonds is 12. The molecule has 0 spiro atoms. The number of ether oxygens (including phenoxy) is 4. The third-order valence-corrected chi connectivity index (χ3v) is 12.2. The minimum atomic E-state index is -1.45. The standard InChI is InChI=1S/C39H55NO8/c1-9-19-47-26-17-15-25(16-18-26)35(41)40-32-14-12-11-13-27(32)36(42)48-24(4)30-21-31(29(10-2)37(30,5)6)38(43)22-33(45-7)28-20-23(3)39(38,44)34(28)46-8/h11-18,23-24,28-31,33-34,43-44H,9-10,19-22H2,1-8H3,(H,40,41)/t23?,24-,28?,29+,30?,31?,33-,34-,38-,39-/m0/s1. The molecule has 3 N–H and O–H groups in total. The van der Waals surface area contributed by atoms with Gasteiger partial charge in [-0.1, -0.05) is 53.2 Å². The highest BCUT2D eigenvalue weighted by Crippen LogP contribution is 2.65. The Kier molecular flexibility index (Phi) is 10.7. The summed E-state index contributed by atoms with van der Waals surface area (Å²) < 4.78 is 23.7. The van der Waals surface area contributed by atoms with Crippen LogP contribution in [0.15, 0.2) is 48.5 Å². The fourth-order valence-corrected chi connectivity index (χ4v) is 9.89. The molecule has 2 bridgehead atoms. The summed E-state index contributed by atoms with van der Waals surface area (Å²) in [5.74, 6) is -0.681. The van der Waals surface area contributed by atoms with Gasteiger partial charge >= 0.3 is 5.97 Å². The molecule has 0 radical (unpaired) electrons. The van der Waals surface area contributed by atoms with Crippen LogP contribution in [0, 0.1) is 35.0 Å². The van der Waals surface area contributed by atoms with Crippen molar-refractivity contribution in [2.75, 3.05) is 26.1 Å². The van der Waals surface area contributed by atoms with Gasteiger partial charge < -0.3 is 34.5 Å². The van der Waals surface area contributed by atoms with Gasteiger partial charge in [0.05, 0.1) is 30.1 Å². The average molecular weight is 666 g/mol. The number of carbonyl (C=O) groups excluding carboxylic acids is 2. The minimum absolute atomic E-state index is 0.00479. The van der Waals surface area contributed by atoms with Crippen LogP contribution in [0.2, 0.25) is 0 Å². The summed E-state index contributed by atoms with van der Waals surface area (Å²) in [6, 6.07) is 13.7. The lowest BCUT2D eigenvalue weighted by Crippen LogP contribution is -2.71. The predicted octanol–water partition coefficient (Wildman–Crippen LogP) is 6.51. The van der Waals surface area contributed by atoms with Gasteiger partial charge in [-0.2, -0.15) is 0 Å². The fourth-order valence-electron chi connectivity index (χ4n) is 9.89. The third-order valence-electron chi connectivity index (χ3n) is 12.2. The average Bonchev–Trinajstić information content (AvgIpc) is 3.48. The smallest absolute Gasteiger partial charge is 0.340 e. The lowest BCUT2D eigenvalue weighted by Gasteiger charge is -2.56. The predicted molar refractivity (Wildman–Crippen MR) is 184 cm³/mol. The Morgan fingerprint density at radius 3 is 2.31 bits per heavy atom. The Morgan fingerprint density at radius 2 is 1.69 bits per heavy atom. The first kappa shape index (κ1) is 36.3. The van der Waals surface area contributed by atoms with E-state index in [2.05, 4.69) is 26.1 Å². The maximum absolute atomic E-state index is 13.8. The highest BCUT2D eigenvalue weighted by molar-refractivity contribution is 6.08. The van der Waals surface area contributed by atoms with E-state index in [0.29, 0.717) is 36.4 Å². The zero-order chi connectivity index (χ0) is 35.0. The zero-order valence-electron chi connectivity index (χ0n) is 29.8. The van der Waals surface area contributed by atoms with Crippen molar-refractivity contribution in [3.05, 3.63) is 59.7 Å². The van der Waals surface area contributed by atoms with E-state index in [-0.39, 0.29) is 52.6 Å². The molecule has 3 aliphatic carbocycles. The first-order valence-corrected chi connectivity index (χ1v) is 17.6. The number of nitrogens with one attached hydrogen (secondary N) is 1. The molecule has 10 atom stereocenters. The topological polar surface area (TPSA) is 124 Å². The van der Waals surface area contributed by atoms with E-state index in [0.717, 1.165) is 19.3 Å². The molecular formula is C39H55NO8. The molecule has 48 heavy (non-hydrogen) atoms. The van der Waals surface area contributed by atoms with Crippen molar-refractivity contribution in [3.8, 4) is 5.75 Å². The number of methoxy groups -OCH3 is 2. The molecule has 2 aromatic carbocycles. The van der Waals surface area contributed by atoms with Gasteiger partial charge in [-0.25, -0.2) is 4.79 Å². The van der Waals surface area contributed by atoms with Crippen molar-refractivity contribution in [3.63, 3.8) is 0 Å². The van der Waals surface area contributed by atoms with Gasteiger partial charge in [0, 0.05) is 38.0 Å². The number of benzene rings is 2. The van der Waals surface area contributed by atoms with E-state index < -0.39 is 29.4 Å². The number of amides is 1. The number of anilines is 1. The summed E-state index contributed by atoms with van der Waals surface area (Å²) in [5, 5.41) is 28.1. The van der Waals surface area contributed by atoms with Crippen LogP contribution in [0.5, 0.6) is 5.75 Å². The van der Waals surface area contributed by atoms with Crippen LogP contribution in [0.3, 0.4) is 0 Å². The second-order valence-electron chi connectivity index (χ2n) is 15.0. The molecule has 1 amide bonds. The number of hydrogen-bond donors (Lipinski definition) is 3. The maximum Gasteiger partial charge on any atom is 0.340 e. The number of para-hydroxylation sites is 1. The van der Waals surface area contributed by atoms with E-state index >= 15 is 0 Å².